The first-order chi connectivity index (χ1) is 9.93. The highest BCUT2D eigenvalue weighted by molar-refractivity contribution is 7.09. The van der Waals surface area contributed by atoms with E-state index in [0.717, 1.165) is 5.01 Å². The summed E-state index contributed by atoms with van der Waals surface area (Å²) in [5, 5.41) is 4.98. The molecule has 1 aromatic rings. The number of carbonyl (C=O) groups excluding carboxylic acids is 3. The highest BCUT2D eigenvalue weighted by Crippen LogP contribution is 2.17. The van der Waals surface area contributed by atoms with Gasteiger partial charge in [0.25, 0.3) is 11.8 Å². The van der Waals surface area contributed by atoms with Crippen LogP contribution >= 0.6 is 11.3 Å². The predicted molar refractivity (Wildman–Crippen MR) is 77.7 cm³/mol. The monoisotopic (exact) mass is 310 g/mol. The van der Waals surface area contributed by atoms with Gasteiger partial charge in [0.05, 0.1) is 11.4 Å². The molecule has 8 heteroatoms. The summed E-state index contributed by atoms with van der Waals surface area (Å²) >= 11 is 1.35. The molecule has 0 aromatic carbocycles. The van der Waals surface area contributed by atoms with Gasteiger partial charge in [-0.2, -0.15) is 0 Å². The van der Waals surface area contributed by atoms with Crippen molar-refractivity contribution in [3.8, 4) is 0 Å². The van der Waals surface area contributed by atoms with Crippen LogP contribution in [0, 0.1) is 0 Å². The van der Waals surface area contributed by atoms with Gasteiger partial charge in [-0.1, -0.05) is 0 Å². The van der Waals surface area contributed by atoms with Gasteiger partial charge in [0.2, 0.25) is 5.91 Å². The van der Waals surface area contributed by atoms with Crippen molar-refractivity contribution >= 4 is 29.1 Å². The smallest absolute Gasteiger partial charge is 0.271 e. The second-order valence-electron chi connectivity index (χ2n) is 5.09. The van der Waals surface area contributed by atoms with Gasteiger partial charge in [0.15, 0.2) is 0 Å². The van der Waals surface area contributed by atoms with Crippen molar-refractivity contribution in [3.63, 3.8) is 0 Å². The Bertz CT molecular complexity index is 570. The normalized spacial score (nSPS) is 18.7. The first-order valence-electron chi connectivity index (χ1n) is 6.75. The summed E-state index contributed by atoms with van der Waals surface area (Å²) in [6, 6.07) is -1.01. The number of nitrogens with zero attached hydrogens (tertiary/aromatic N) is 2. The Kier molecular flexibility index (Phi) is 4.69. The highest BCUT2D eigenvalue weighted by atomic mass is 32.1. The highest BCUT2D eigenvalue weighted by Gasteiger charge is 2.40. The number of hydrogen-bond acceptors (Lipinski definition) is 6. The zero-order chi connectivity index (χ0) is 15.6. The van der Waals surface area contributed by atoms with Crippen LogP contribution in [0.4, 0.5) is 0 Å². The number of likely N-dealkylation sites (tertiary alicyclic amines) is 1. The Morgan fingerprint density at radius 3 is 2.86 bits per heavy atom. The van der Waals surface area contributed by atoms with Gasteiger partial charge in [-0.05, 0) is 20.4 Å². The minimum Gasteiger partial charge on any atom is -0.338 e. The van der Waals surface area contributed by atoms with Crippen molar-refractivity contribution < 1.29 is 14.4 Å². The molecule has 0 radical (unpaired) electrons. The molecule has 3 amide bonds. The number of aromatic nitrogens is 1. The molecule has 21 heavy (non-hydrogen) atoms. The number of thiazole rings is 1. The molecule has 0 spiro atoms. The number of amides is 3. The minimum absolute atomic E-state index is 0.00253. The Morgan fingerprint density at radius 2 is 2.29 bits per heavy atom. The summed E-state index contributed by atoms with van der Waals surface area (Å²) in [5.41, 5.74) is 5.69. The molecule has 0 saturated carbocycles. The second-order valence-corrected chi connectivity index (χ2v) is 6.03. The fourth-order valence-electron chi connectivity index (χ4n) is 2.19. The fourth-order valence-corrected chi connectivity index (χ4v) is 2.99. The zero-order valence-corrected chi connectivity index (χ0v) is 12.8. The third-order valence-corrected chi connectivity index (χ3v) is 4.06. The Balaban J connectivity index is 2.03. The van der Waals surface area contributed by atoms with Gasteiger partial charge in [-0.3, -0.25) is 19.3 Å². The van der Waals surface area contributed by atoms with Crippen LogP contribution in [0.15, 0.2) is 5.38 Å². The molecule has 2 rings (SSSR count). The van der Waals surface area contributed by atoms with Crippen molar-refractivity contribution in [3.05, 3.63) is 16.1 Å². The molecule has 1 atom stereocenters. The van der Waals surface area contributed by atoms with Gasteiger partial charge in [-0.25, -0.2) is 4.98 Å². The SMILES string of the molecule is CC(C)N1C(=O)CC(NC(=O)c2csc(CCN)n2)C1=O. The van der Waals surface area contributed by atoms with Crippen molar-refractivity contribution in [2.24, 2.45) is 5.73 Å². The van der Waals surface area contributed by atoms with Gasteiger partial charge in [0.1, 0.15) is 11.7 Å². The number of hydrogen-bond donors (Lipinski definition) is 2. The molecule has 1 saturated heterocycles. The number of nitrogens with two attached hydrogens (primary N) is 1. The maximum Gasteiger partial charge on any atom is 0.271 e. The van der Waals surface area contributed by atoms with Crippen LogP contribution in [0.5, 0.6) is 0 Å². The van der Waals surface area contributed by atoms with Gasteiger partial charge in [0, 0.05) is 17.8 Å². The van der Waals surface area contributed by atoms with Crippen LogP contribution in [0.2, 0.25) is 0 Å². The third kappa shape index (κ3) is 3.27. The Hall–Kier alpha value is -1.80. The van der Waals surface area contributed by atoms with E-state index in [4.69, 9.17) is 5.73 Å². The summed E-state index contributed by atoms with van der Waals surface area (Å²) in [6.07, 6.45) is 0.614. The van der Waals surface area contributed by atoms with E-state index in [2.05, 4.69) is 10.3 Å². The van der Waals surface area contributed by atoms with Crippen LogP contribution in [-0.4, -0.2) is 46.2 Å². The minimum atomic E-state index is -0.799. The van der Waals surface area contributed by atoms with Gasteiger partial charge >= 0.3 is 0 Å². The van der Waals surface area contributed by atoms with Crippen molar-refractivity contribution in [2.75, 3.05) is 6.54 Å². The van der Waals surface area contributed by atoms with Crippen LogP contribution in [0.1, 0.15) is 35.8 Å². The summed E-state index contributed by atoms with van der Waals surface area (Å²) in [4.78, 5) is 41.3. The lowest BCUT2D eigenvalue weighted by atomic mass is 10.2. The maximum atomic E-state index is 12.1. The number of rotatable bonds is 5. The average molecular weight is 310 g/mol. The first kappa shape index (κ1) is 15.6. The number of carbonyl (C=O) groups is 3. The lowest BCUT2D eigenvalue weighted by Crippen LogP contribution is -2.43. The third-order valence-electron chi connectivity index (χ3n) is 3.15. The molecule has 114 valence electrons. The summed E-state index contributed by atoms with van der Waals surface area (Å²) < 4.78 is 0. The number of imide groups is 1. The number of nitrogens with one attached hydrogen (secondary N) is 1. The van der Waals surface area contributed by atoms with Crippen molar-refractivity contribution in [1.82, 2.24) is 15.2 Å². The molecule has 1 fully saturated rings. The lowest BCUT2D eigenvalue weighted by Gasteiger charge is -2.18. The standard InChI is InChI=1S/C13H18N4O3S/c1-7(2)17-11(18)5-8(13(17)20)16-12(19)9-6-21-10(15-9)3-4-14/h6-8H,3-5,14H2,1-2H3,(H,16,19). The molecule has 0 aliphatic carbocycles. The topological polar surface area (TPSA) is 105 Å². The van der Waals surface area contributed by atoms with Crippen molar-refractivity contribution in [2.45, 2.75) is 38.8 Å². The van der Waals surface area contributed by atoms with Crippen LogP contribution in [-0.2, 0) is 16.0 Å². The van der Waals surface area contributed by atoms with E-state index in [-0.39, 0.29) is 30.0 Å². The van der Waals surface area contributed by atoms with Crippen LogP contribution in [0.25, 0.3) is 0 Å². The van der Waals surface area contributed by atoms with Crippen LogP contribution < -0.4 is 11.1 Å². The molecule has 3 N–H and O–H groups in total. The average Bonchev–Trinajstić information content (AvgIpc) is 2.96. The molecule has 0 bridgehead atoms. The molecule has 1 aliphatic heterocycles. The van der Waals surface area contributed by atoms with E-state index in [1.165, 1.54) is 16.2 Å². The molecule has 1 unspecified atom stereocenters. The van der Waals surface area contributed by atoms with E-state index in [1.54, 1.807) is 19.2 Å². The molecule has 1 aliphatic rings. The van der Waals surface area contributed by atoms with E-state index in [0.29, 0.717) is 13.0 Å². The molecule has 2 heterocycles. The summed E-state index contributed by atoms with van der Waals surface area (Å²) in [6.45, 7) is 3.99. The van der Waals surface area contributed by atoms with Crippen molar-refractivity contribution in [1.29, 1.82) is 0 Å². The quantitative estimate of drug-likeness (QED) is 0.739. The van der Waals surface area contributed by atoms with Gasteiger partial charge in [-0.15, -0.1) is 11.3 Å². The molecular weight excluding hydrogens is 292 g/mol. The zero-order valence-electron chi connectivity index (χ0n) is 12.0. The first-order valence-corrected chi connectivity index (χ1v) is 7.63. The lowest BCUT2D eigenvalue weighted by molar-refractivity contribution is -0.140. The van der Waals surface area contributed by atoms with E-state index in [1.807, 2.05) is 0 Å². The summed E-state index contributed by atoms with van der Waals surface area (Å²) in [5.74, 6) is -1.06. The van der Waals surface area contributed by atoms with Crippen LogP contribution in [0.3, 0.4) is 0 Å². The Labute approximate surface area is 126 Å². The summed E-state index contributed by atoms with van der Waals surface area (Å²) in [7, 11) is 0. The predicted octanol–water partition coefficient (Wildman–Crippen LogP) is -0.0900. The maximum absolute atomic E-state index is 12.1. The Morgan fingerprint density at radius 1 is 1.57 bits per heavy atom. The van der Waals surface area contributed by atoms with E-state index in [9.17, 15) is 14.4 Å². The van der Waals surface area contributed by atoms with Gasteiger partial charge < -0.3 is 11.1 Å². The second kappa shape index (κ2) is 6.31. The fraction of sp³-hybridized carbons (Fsp3) is 0.538. The van der Waals surface area contributed by atoms with E-state index >= 15 is 0 Å². The molecule has 7 nitrogen and oxygen atoms in total. The molecular formula is C13H18N4O3S. The van der Waals surface area contributed by atoms with E-state index < -0.39 is 11.9 Å². The molecule has 1 aromatic heterocycles. The largest absolute Gasteiger partial charge is 0.338 e.